The quantitative estimate of drug-likeness (QED) is 0.153. The fourth-order valence-corrected chi connectivity index (χ4v) is 4.87. The molecule has 0 spiro atoms. The molecule has 1 rings (SSSR count). The van der Waals surface area contributed by atoms with E-state index < -0.39 is 42.7 Å². The molecule has 8 nitrogen and oxygen atoms in total. The van der Waals surface area contributed by atoms with Crippen LogP contribution in [0.15, 0.2) is 18.2 Å². The molecule has 1 aromatic carbocycles. The molecule has 1 N–H and O–H groups in total. The molecule has 0 aromatic heterocycles. The Hall–Kier alpha value is -1.23. The number of phosphoric acid groups is 1. The topological polar surface area (TPSA) is 86.3 Å². The highest BCUT2D eigenvalue weighted by molar-refractivity contribution is 7.75. The number of nitrogens with one attached hydrogen (secondary N) is 1. The number of halogens is 2. The Morgan fingerprint density at radius 2 is 1.74 bits per heavy atom. The number of thiol groups is 1. The lowest BCUT2D eigenvalue weighted by Crippen LogP contribution is -2.45. The number of carbonyl (C=O) groups is 1. The Kier molecular flexibility index (Phi) is 11.9. The molecule has 0 aliphatic carbocycles. The zero-order valence-corrected chi connectivity index (χ0v) is 22.7. The maximum Gasteiger partial charge on any atom is 0.475 e. The minimum absolute atomic E-state index is 0.0330. The monoisotopic (exact) mass is 526 g/mol. The van der Waals surface area contributed by atoms with Crippen LogP contribution in [-0.2, 0) is 28.9 Å². The summed E-state index contributed by atoms with van der Waals surface area (Å²) >= 11 is 3.78. The first-order chi connectivity index (χ1) is 15.6. The summed E-state index contributed by atoms with van der Waals surface area (Å²) in [6.45, 7) is 10.5. The Morgan fingerprint density at radius 1 is 1.15 bits per heavy atom. The van der Waals surface area contributed by atoms with E-state index in [1.54, 1.807) is 48.6 Å². The predicted octanol–water partition coefficient (Wildman–Crippen LogP) is 5.87. The van der Waals surface area contributed by atoms with Crippen molar-refractivity contribution in [3.05, 3.63) is 35.4 Å². The second kappa shape index (κ2) is 13.2. The van der Waals surface area contributed by atoms with E-state index in [0.717, 1.165) is 6.07 Å². The minimum atomic E-state index is -3.84. The maximum absolute atomic E-state index is 13.8. The van der Waals surface area contributed by atoms with Gasteiger partial charge in [-0.05, 0) is 73.4 Å². The van der Waals surface area contributed by atoms with E-state index in [-0.39, 0.29) is 25.3 Å². The molecule has 0 aliphatic rings. The lowest BCUT2D eigenvalue weighted by molar-refractivity contribution is 0.00246. The second-order valence-corrected chi connectivity index (χ2v) is 11.5. The van der Waals surface area contributed by atoms with Crippen molar-refractivity contribution >= 4 is 26.8 Å². The molecule has 1 aromatic rings. The molecular formula is C22H37F2N2O6PS. The number of rotatable bonds is 12. The molecule has 0 saturated carbocycles. The number of urea groups is 1. The summed E-state index contributed by atoms with van der Waals surface area (Å²) in [7, 11) is -2.29. The van der Waals surface area contributed by atoms with Gasteiger partial charge in [-0.2, -0.15) is 0 Å². The first-order valence-corrected chi connectivity index (χ1v) is 12.8. The van der Waals surface area contributed by atoms with Gasteiger partial charge in [0.05, 0.1) is 30.5 Å². The van der Waals surface area contributed by atoms with Crippen LogP contribution in [-0.4, -0.2) is 48.4 Å². The number of hydrogen-bond donors (Lipinski definition) is 2. The first-order valence-electron chi connectivity index (χ1n) is 10.9. The molecule has 2 amide bonds. The summed E-state index contributed by atoms with van der Waals surface area (Å²) in [5.74, 6) is -1.98. The fourth-order valence-electron chi connectivity index (χ4n) is 2.86. The van der Waals surface area contributed by atoms with Crippen LogP contribution in [0.3, 0.4) is 0 Å². The molecule has 0 heterocycles. The summed E-state index contributed by atoms with van der Waals surface area (Å²) in [5, 5.41) is 2.56. The van der Waals surface area contributed by atoms with Crippen molar-refractivity contribution in [2.45, 2.75) is 78.2 Å². The van der Waals surface area contributed by atoms with Crippen molar-refractivity contribution < 1.29 is 35.9 Å². The number of benzene rings is 1. The van der Waals surface area contributed by atoms with Gasteiger partial charge in [-0.15, -0.1) is 0 Å². The average Bonchev–Trinajstić information content (AvgIpc) is 2.67. The zero-order chi connectivity index (χ0) is 26.2. The summed E-state index contributed by atoms with van der Waals surface area (Å²) < 4.78 is 61.9. The van der Waals surface area contributed by atoms with E-state index >= 15 is 0 Å². The van der Waals surface area contributed by atoms with E-state index in [9.17, 15) is 18.1 Å². The Morgan fingerprint density at radius 3 is 2.26 bits per heavy atom. The van der Waals surface area contributed by atoms with Gasteiger partial charge in [0.1, 0.15) is 0 Å². The van der Waals surface area contributed by atoms with Crippen LogP contribution < -0.4 is 5.32 Å². The van der Waals surface area contributed by atoms with Crippen molar-refractivity contribution in [2.24, 2.45) is 0 Å². The van der Waals surface area contributed by atoms with Crippen LogP contribution >= 0.6 is 20.7 Å². The Balaban J connectivity index is 2.68. The first kappa shape index (κ1) is 30.8. The third-order valence-corrected chi connectivity index (χ3v) is 6.49. The summed E-state index contributed by atoms with van der Waals surface area (Å²) in [6.07, 6.45) is 0.826. The van der Waals surface area contributed by atoms with E-state index in [1.165, 1.54) is 17.0 Å². The SMILES string of the molecule is CN(C(=O)NCc1cccc(F)c1F)[C@@H](CCCOP(=O)(OC(C)(C)C)OC(C)(C)C)COS. The Labute approximate surface area is 206 Å². The van der Waals surface area contributed by atoms with Crippen molar-refractivity contribution in [3.63, 3.8) is 0 Å². The molecule has 196 valence electrons. The fraction of sp³-hybridized carbons (Fsp3) is 0.682. The van der Waals surface area contributed by atoms with Crippen molar-refractivity contribution in [1.82, 2.24) is 10.2 Å². The van der Waals surface area contributed by atoms with Crippen LogP contribution in [0.2, 0.25) is 0 Å². The van der Waals surface area contributed by atoms with Crippen LogP contribution in [0, 0.1) is 11.6 Å². The average molecular weight is 527 g/mol. The van der Waals surface area contributed by atoms with E-state index in [2.05, 4.69) is 18.2 Å². The number of nitrogens with zero attached hydrogens (tertiary/aromatic N) is 1. The van der Waals surface area contributed by atoms with E-state index in [4.69, 9.17) is 17.8 Å². The number of phosphoric ester groups is 1. The van der Waals surface area contributed by atoms with Gasteiger partial charge < -0.3 is 14.4 Å². The molecule has 34 heavy (non-hydrogen) atoms. The van der Waals surface area contributed by atoms with Gasteiger partial charge in [-0.3, -0.25) is 13.6 Å². The number of likely N-dealkylation sites (N-methyl/N-ethyl adjacent to an activating group) is 1. The lowest BCUT2D eigenvalue weighted by atomic mass is 10.1. The Bertz CT molecular complexity index is 828. The number of hydrogen-bond acceptors (Lipinski definition) is 7. The van der Waals surface area contributed by atoms with Crippen molar-refractivity contribution in [2.75, 3.05) is 20.3 Å². The largest absolute Gasteiger partial charge is 0.475 e. The van der Waals surface area contributed by atoms with Crippen molar-refractivity contribution in [1.29, 1.82) is 0 Å². The highest BCUT2D eigenvalue weighted by Gasteiger charge is 2.37. The summed E-state index contributed by atoms with van der Waals surface area (Å²) in [4.78, 5) is 13.9. The molecular weight excluding hydrogens is 489 g/mol. The molecule has 0 radical (unpaired) electrons. The smallest absolute Gasteiger partial charge is 0.334 e. The van der Waals surface area contributed by atoms with Gasteiger partial charge in [0.15, 0.2) is 11.6 Å². The molecule has 0 bridgehead atoms. The number of carbonyl (C=O) groups excluding carboxylic acids is 1. The maximum atomic E-state index is 13.8. The van der Waals surface area contributed by atoms with Gasteiger partial charge >= 0.3 is 13.9 Å². The lowest BCUT2D eigenvalue weighted by Gasteiger charge is -2.31. The van der Waals surface area contributed by atoms with Crippen LogP contribution in [0.25, 0.3) is 0 Å². The molecule has 1 atom stereocenters. The zero-order valence-electron chi connectivity index (χ0n) is 20.9. The van der Waals surface area contributed by atoms with Gasteiger partial charge in [0, 0.05) is 19.2 Å². The van der Waals surface area contributed by atoms with Crippen molar-refractivity contribution in [3.8, 4) is 0 Å². The van der Waals surface area contributed by atoms with E-state index in [0.29, 0.717) is 12.8 Å². The number of amides is 2. The van der Waals surface area contributed by atoms with Gasteiger partial charge in [0.2, 0.25) is 0 Å². The van der Waals surface area contributed by atoms with Crippen LogP contribution in [0.1, 0.15) is 59.9 Å². The van der Waals surface area contributed by atoms with Gasteiger partial charge in [-0.1, -0.05) is 12.1 Å². The minimum Gasteiger partial charge on any atom is -0.334 e. The third-order valence-electron chi connectivity index (χ3n) is 4.30. The highest BCUT2D eigenvalue weighted by Crippen LogP contribution is 2.55. The van der Waals surface area contributed by atoms with Gasteiger partial charge in [-0.25, -0.2) is 18.1 Å². The van der Waals surface area contributed by atoms with Gasteiger partial charge in [0.25, 0.3) is 0 Å². The predicted molar refractivity (Wildman–Crippen MR) is 130 cm³/mol. The molecule has 0 aliphatic heterocycles. The second-order valence-electron chi connectivity index (χ2n) is 9.76. The normalized spacial score (nSPS) is 13.6. The van der Waals surface area contributed by atoms with E-state index in [1.807, 2.05) is 0 Å². The molecule has 0 fully saturated rings. The third kappa shape index (κ3) is 11.5. The molecule has 0 saturated heterocycles. The van der Waals surface area contributed by atoms with Crippen LogP contribution in [0.5, 0.6) is 0 Å². The highest BCUT2D eigenvalue weighted by atomic mass is 32.1. The molecule has 0 unspecified atom stereocenters. The molecule has 12 heteroatoms. The van der Waals surface area contributed by atoms with Crippen LogP contribution in [0.4, 0.5) is 13.6 Å². The summed E-state index contributed by atoms with van der Waals surface area (Å²) in [5.41, 5.74) is -1.46. The summed E-state index contributed by atoms with van der Waals surface area (Å²) in [6, 6.07) is 2.85. The standard InChI is InChI=1S/C22H37F2N2O6PS/c1-21(2,3)31-33(28,32-22(4,5)6)29-13-9-11-17(15-30-34)26(7)20(27)25-14-16-10-8-12-18(23)19(16)24/h8,10,12,17,34H,9,11,13-15H2,1-7H3,(H,25,27)/t17-/m0/s1.